The van der Waals surface area contributed by atoms with E-state index in [-0.39, 0.29) is 0 Å². The monoisotopic (exact) mass is 251 g/mol. The summed E-state index contributed by atoms with van der Waals surface area (Å²) in [7, 11) is -3.22. The zero-order valence-electron chi connectivity index (χ0n) is 9.56. The molecule has 1 aromatic carbocycles. The maximum Gasteiger partial charge on any atom is 0.229 e. The first-order chi connectivity index (χ1) is 7.94. The molecule has 1 aromatic heterocycles. The van der Waals surface area contributed by atoms with Crippen molar-refractivity contribution in [1.82, 2.24) is 9.97 Å². The van der Waals surface area contributed by atoms with Gasteiger partial charge in [0.1, 0.15) is 5.82 Å². The maximum absolute atomic E-state index is 11.0. The van der Waals surface area contributed by atoms with Gasteiger partial charge in [-0.2, -0.15) is 0 Å². The van der Waals surface area contributed by atoms with Crippen molar-refractivity contribution in [2.45, 2.75) is 6.92 Å². The minimum atomic E-state index is -3.22. The van der Waals surface area contributed by atoms with Gasteiger partial charge in [-0.05, 0) is 24.6 Å². The van der Waals surface area contributed by atoms with Gasteiger partial charge in [0.2, 0.25) is 10.0 Å². The van der Waals surface area contributed by atoms with Gasteiger partial charge < -0.3 is 4.98 Å². The molecule has 1 heterocycles. The molecule has 2 N–H and O–H groups in total. The molecule has 0 amide bonds. The number of aryl methyl sites for hydroxylation is 1. The van der Waals surface area contributed by atoms with Crippen molar-refractivity contribution >= 4 is 15.7 Å². The number of H-pyrrole nitrogens is 1. The van der Waals surface area contributed by atoms with E-state index < -0.39 is 10.0 Å². The van der Waals surface area contributed by atoms with Crippen LogP contribution in [0.2, 0.25) is 0 Å². The normalized spacial score (nSPS) is 11.4. The molecule has 2 aromatic rings. The molecule has 0 fully saturated rings. The number of rotatable bonds is 3. The van der Waals surface area contributed by atoms with Crippen molar-refractivity contribution in [3.63, 3.8) is 0 Å². The van der Waals surface area contributed by atoms with Crippen LogP contribution in [0.25, 0.3) is 11.3 Å². The molecule has 0 saturated carbocycles. The van der Waals surface area contributed by atoms with Gasteiger partial charge in [-0.3, -0.25) is 4.72 Å². The van der Waals surface area contributed by atoms with E-state index in [0.717, 1.165) is 23.3 Å². The van der Waals surface area contributed by atoms with Gasteiger partial charge in [0.05, 0.1) is 18.1 Å². The zero-order chi connectivity index (χ0) is 12.5. The molecule has 0 atom stereocenters. The van der Waals surface area contributed by atoms with Crippen LogP contribution in [0.15, 0.2) is 30.5 Å². The first-order valence-electron chi connectivity index (χ1n) is 5.04. The number of hydrogen-bond donors (Lipinski definition) is 2. The third-order valence-corrected chi connectivity index (χ3v) is 2.81. The number of aromatic amines is 1. The van der Waals surface area contributed by atoms with Gasteiger partial charge in [0.15, 0.2) is 0 Å². The van der Waals surface area contributed by atoms with Crippen LogP contribution < -0.4 is 4.72 Å². The number of hydrogen-bond acceptors (Lipinski definition) is 3. The lowest BCUT2D eigenvalue weighted by Gasteiger charge is -2.04. The van der Waals surface area contributed by atoms with Gasteiger partial charge in [0.25, 0.3) is 0 Å². The molecule has 5 nitrogen and oxygen atoms in total. The minimum Gasteiger partial charge on any atom is -0.342 e. The van der Waals surface area contributed by atoms with Crippen molar-refractivity contribution in [3.8, 4) is 11.3 Å². The summed E-state index contributed by atoms with van der Waals surface area (Å²) < 4.78 is 24.5. The Morgan fingerprint density at radius 2 is 1.88 bits per heavy atom. The molecule has 0 radical (unpaired) electrons. The molecule has 0 aliphatic rings. The van der Waals surface area contributed by atoms with Gasteiger partial charge in [0, 0.05) is 5.69 Å². The van der Waals surface area contributed by atoms with Crippen LogP contribution in [0.3, 0.4) is 0 Å². The highest BCUT2D eigenvalue weighted by Gasteiger charge is 2.03. The van der Waals surface area contributed by atoms with Gasteiger partial charge in [-0.15, -0.1) is 0 Å². The Morgan fingerprint density at radius 3 is 2.35 bits per heavy atom. The fourth-order valence-corrected chi connectivity index (χ4v) is 2.06. The van der Waals surface area contributed by atoms with Crippen LogP contribution >= 0.6 is 0 Å². The SMILES string of the molecule is Cc1ncc(-c2ccc(NS(C)(=O)=O)cc2)[nH]1. The van der Waals surface area contributed by atoms with Crippen LogP contribution in [0.5, 0.6) is 0 Å². The molecule has 0 unspecified atom stereocenters. The van der Waals surface area contributed by atoms with E-state index in [1.807, 2.05) is 19.1 Å². The van der Waals surface area contributed by atoms with E-state index in [1.54, 1.807) is 18.3 Å². The van der Waals surface area contributed by atoms with Gasteiger partial charge in [-0.25, -0.2) is 13.4 Å². The molecular weight excluding hydrogens is 238 g/mol. The lowest BCUT2D eigenvalue weighted by Crippen LogP contribution is -2.09. The summed E-state index contributed by atoms with van der Waals surface area (Å²) in [4.78, 5) is 7.22. The summed E-state index contributed by atoms with van der Waals surface area (Å²) in [6.45, 7) is 1.88. The number of nitrogens with one attached hydrogen (secondary N) is 2. The fraction of sp³-hybridized carbons (Fsp3) is 0.182. The second-order valence-electron chi connectivity index (χ2n) is 3.83. The van der Waals surface area contributed by atoms with Crippen LogP contribution in [0.4, 0.5) is 5.69 Å². The van der Waals surface area contributed by atoms with E-state index in [1.165, 1.54) is 0 Å². The first kappa shape index (κ1) is 11.7. The quantitative estimate of drug-likeness (QED) is 0.872. The maximum atomic E-state index is 11.0. The lowest BCUT2D eigenvalue weighted by molar-refractivity contribution is 0.607. The molecule has 90 valence electrons. The van der Waals surface area contributed by atoms with Crippen LogP contribution in [-0.4, -0.2) is 24.6 Å². The standard InChI is InChI=1S/C11H13N3O2S/c1-8-12-7-11(13-8)9-3-5-10(6-4-9)14-17(2,15)16/h3-7,14H,1-2H3,(H,12,13). The molecule has 0 aliphatic carbocycles. The van der Waals surface area contributed by atoms with Crippen molar-refractivity contribution < 1.29 is 8.42 Å². The zero-order valence-corrected chi connectivity index (χ0v) is 10.4. The Bertz CT molecular complexity index is 614. The third kappa shape index (κ3) is 3.07. The number of aromatic nitrogens is 2. The minimum absolute atomic E-state index is 0.549. The number of anilines is 1. The van der Waals surface area contributed by atoms with Crippen LogP contribution in [0.1, 0.15) is 5.82 Å². The summed E-state index contributed by atoms with van der Waals surface area (Å²) in [6, 6.07) is 7.10. The van der Waals surface area contributed by atoms with Crippen molar-refractivity contribution in [2.75, 3.05) is 11.0 Å². The van der Waals surface area contributed by atoms with E-state index >= 15 is 0 Å². The van der Waals surface area contributed by atoms with Crippen molar-refractivity contribution in [2.24, 2.45) is 0 Å². The summed E-state index contributed by atoms with van der Waals surface area (Å²) >= 11 is 0. The molecular formula is C11H13N3O2S. The highest BCUT2D eigenvalue weighted by Crippen LogP contribution is 2.19. The van der Waals surface area contributed by atoms with E-state index in [2.05, 4.69) is 14.7 Å². The Balaban J connectivity index is 2.24. The third-order valence-electron chi connectivity index (χ3n) is 2.20. The highest BCUT2D eigenvalue weighted by atomic mass is 32.2. The van der Waals surface area contributed by atoms with Crippen LogP contribution in [0, 0.1) is 6.92 Å². The smallest absolute Gasteiger partial charge is 0.229 e. The number of imidazole rings is 1. The first-order valence-corrected chi connectivity index (χ1v) is 6.93. The predicted molar refractivity (Wildman–Crippen MR) is 67.2 cm³/mol. The largest absolute Gasteiger partial charge is 0.342 e. The molecule has 0 bridgehead atoms. The van der Waals surface area contributed by atoms with Crippen molar-refractivity contribution in [3.05, 3.63) is 36.3 Å². The molecule has 0 saturated heterocycles. The Kier molecular flexibility index (Phi) is 2.89. The number of benzene rings is 1. The fourth-order valence-electron chi connectivity index (χ4n) is 1.50. The lowest BCUT2D eigenvalue weighted by atomic mass is 10.1. The van der Waals surface area contributed by atoms with Gasteiger partial charge >= 0.3 is 0 Å². The molecule has 2 rings (SSSR count). The molecule has 0 spiro atoms. The summed E-state index contributed by atoms with van der Waals surface area (Å²) in [5.41, 5.74) is 2.42. The van der Waals surface area contributed by atoms with Crippen LogP contribution in [-0.2, 0) is 10.0 Å². The average Bonchev–Trinajstić information content (AvgIpc) is 2.63. The van der Waals surface area contributed by atoms with E-state index in [0.29, 0.717) is 5.69 Å². The number of sulfonamides is 1. The second-order valence-corrected chi connectivity index (χ2v) is 5.58. The summed E-state index contributed by atoms with van der Waals surface area (Å²) in [6.07, 6.45) is 2.87. The molecule has 17 heavy (non-hydrogen) atoms. The summed E-state index contributed by atoms with van der Waals surface area (Å²) in [5, 5.41) is 0. The second kappa shape index (κ2) is 4.21. The summed E-state index contributed by atoms with van der Waals surface area (Å²) in [5.74, 6) is 0.846. The number of nitrogens with zero attached hydrogens (tertiary/aromatic N) is 1. The Hall–Kier alpha value is -1.82. The predicted octanol–water partition coefficient (Wildman–Crippen LogP) is 1.76. The Morgan fingerprint density at radius 1 is 1.24 bits per heavy atom. The highest BCUT2D eigenvalue weighted by molar-refractivity contribution is 7.92. The molecule has 6 heteroatoms. The van der Waals surface area contributed by atoms with E-state index in [4.69, 9.17) is 0 Å². The Labute approximate surface area is 100.0 Å². The topological polar surface area (TPSA) is 74.8 Å². The average molecular weight is 251 g/mol. The molecule has 0 aliphatic heterocycles. The van der Waals surface area contributed by atoms with E-state index in [9.17, 15) is 8.42 Å². The van der Waals surface area contributed by atoms with Gasteiger partial charge in [-0.1, -0.05) is 12.1 Å². The van der Waals surface area contributed by atoms with Crippen molar-refractivity contribution in [1.29, 1.82) is 0 Å².